The SMILES string of the molecule is CN=C(NCC(C)Cc1cccs1)NCC1(OC)CCOCC1. The van der Waals surface area contributed by atoms with Crippen LogP contribution in [0.25, 0.3) is 0 Å². The van der Waals surface area contributed by atoms with Crippen LogP contribution in [0.4, 0.5) is 0 Å². The minimum absolute atomic E-state index is 0.140. The molecule has 2 rings (SSSR count). The highest BCUT2D eigenvalue weighted by atomic mass is 32.1. The molecule has 0 aliphatic carbocycles. The van der Waals surface area contributed by atoms with Gasteiger partial charge in [-0.05, 0) is 23.8 Å². The van der Waals surface area contributed by atoms with Crippen LogP contribution in [0.5, 0.6) is 0 Å². The number of hydrogen-bond donors (Lipinski definition) is 2. The first kappa shape index (κ1) is 18.2. The first-order valence-electron chi connectivity index (χ1n) is 8.27. The molecule has 0 aromatic carbocycles. The summed E-state index contributed by atoms with van der Waals surface area (Å²) in [7, 11) is 3.59. The number of thiophene rings is 1. The number of ether oxygens (including phenoxy) is 2. The molecule has 1 aromatic heterocycles. The third-order valence-electron chi connectivity index (χ3n) is 4.39. The summed E-state index contributed by atoms with van der Waals surface area (Å²) in [5.41, 5.74) is -0.140. The van der Waals surface area contributed by atoms with E-state index in [1.54, 1.807) is 7.11 Å². The van der Waals surface area contributed by atoms with Crippen molar-refractivity contribution >= 4 is 17.3 Å². The summed E-state index contributed by atoms with van der Waals surface area (Å²) >= 11 is 1.82. The zero-order valence-electron chi connectivity index (χ0n) is 14.4. The fourth-order valence-corrected chi connectivity index (χ4v) is 3.65. The van der Waals surface area contributed by atoms with Crippen molar-refractivity contribution < 1.29 is 9.47 Å². The number of nitrogens with zero attached hydrogens (tertiary/aromatic N) is 1. The van der Waals surface area contributed by atoms with Crippen molar-refractivity contribution in [2.24, 2.45) is 10.9 Å². The van der Waals surface area contributed by atoms with Gasteiger partial charge in [-0.3, -0.25) is 4.99 Å². The standard InChI is InChI=1S/C17H29N3O2S/c1-14(11-15-5-4-10-23-15)12-19-16(18-2)20-13-17(21-3)6-8-22-9-7-17/h4-5,10,14H,6-9,11-13H2,1-3H3,(H2,18,19,20). The minimum atomic E-state index is -0.140. The Hall–Kier alpha value is -1.11. The van der Waals surface area contributed by atoms with Gasteiger partial charge in [-0.15, -0.1) is 11.3 Å². The van der Waals surface area contributed by atoms with Crippen molar-refractivity contribution in [1.29, 1.82) is 0 Å². The van der Waals surface area contributed by atoms with E-state index in [9.17, 15) is 0 Å². The molecule has 2 N–H and O–H groups in total. The lowest BCUT2D eigenvalue weighted by molar-refractivity contribution is -0.0855. The van der Waals surface area contributed by atoms with E-state index < -0.39 is 0 Å². The third-order valence-corrected chi connectivity index (χ3v) is 5.29. The zero-order chi connectivity index (χ0) is 16.5. The highest BCUT2D eigenvalue weighted by molar-refractivity contribution is 7.09. The van der Waals surface area contributed by atoms with E-state index in [0.29, 0.717) is 5.92 Å². The number of aliphatic imine (C=N–C) groups is 1. The Morgan fingerprint density at radius 3 is 2.83 bits per heavy atom. The van der Waals surface area contributed by atoms with E-state index in [-0.39, 0.29) is 5.60 Å². The number of methoxy groups -OCH3 is 1. The molecular weight excluding hydrogens is 310 g/mol. The molecule has 1 atom stereocenters. The Morgan fingerprint density at radius 2 is 2.22 bits per heavy atom. The summed E-state index contributed by atoms with van der Waals surface area (Å²) in [6.07, 6.45) is 2.94. The van der Waals surface area contributed by atoms with Crippen molar-refractivity contribution in [3.63, 3.8) is 0 Å². The Morgan fingerprint density at radius 1 is 1.43 bits per heavy atom. The lowest BCUT2D eigenvalue weighted by Gasteiger charge is -2.36. The van der Waals surface area contributed by atoms with Crippen LogP contribution >= 0.6 is 11.3 Å². The first-order chi connectivity index (χ1) is 11.2. The maximum Gasteiger partial charge on any atom is 0.191 e. The molecule has 0 radical (unpaired) electrons. The number of guanidine groups is 1. The van der Waals surface area contributed by atoms with Gasteiger partial charge in [0, 0.05) is 58.2 Å². The molecule has 2 heterocycles. The average Bonchev–Trinajstić information content (AvgIpc) is 3.08. The van der Waals surface area contributed by atoms with Gasteiger partial charge in [-0.25, -0.2) is 0 Å². The average molecular weight is 340 g/mol. The van der Waals surface area contributed by atoms with Crippen LogP contribution in [0, 0.1) is 5.92 Å². The van der Waals surface area contributed by atoms with Gasteiger partial charge in [0.25, 0.3) is 0 Å². The molecule has 1 aliphatic heterocycles. The fraction of sp³-hybridized carbons (Fsp3) is 0.706. The molecule has 1 saturated heterocycles. The van der Waals surface area contributed by atoms with Crippen LogP contribution in [0.1, 0.15) is 24.6 Å². The number of rotatable bonds is 7. The van der Waals surface area contributed by atoms with Crippen LogP contribution in [-0.4, -0.2) is 52.0 Å². The predicted octanol–water partition coefficient (Wildman–Crippen LogP) is 2.29. The molecule has 0 bridgehead atoms. The van der Waals surface area contributed by atoms with Gasteiger partial charge in [-0.1, -0.05) is 13.0 Å². The van der Waals surface area contributed by atoms with Crippen molar-refractivity contribution in [2.75, 3.05) is 40.5 Å². The van der Waals surface area contributed by atoms with Crippen molar-refractivity contribution in [2.45, 2.75) is 31.8 Å². The maximum atomic E-state index is 5.75. The molecule has 23 heavy (non-hydrogen) atoms. The van der Waals surface area contributed by atoms with E-state index in [1.807, 2.05) is 18.4 Å². The molecular formula is C17H29N3O2S. The van der Waals surface area contributed by atoms with E-state index >= 15 is 0 Å². The second kappa shape index (κ2) is 9.25. The highest BCUT2D eigenvalue weighted by Crippen LogP contribution is 2.23. The van der Waals surface area contributed by atoms with Gasteiger partial charge in [0.1, 0.15) is 0 Å². The molecule has 130 valence electrons. The van der Waals surface area contributed by atoms with Gasteiger partial charge >= 0.3 is 0 Å². The Labute approximate surface area is 143 Å². The minimum Gasteiger partial charge on any atom is -0.381 e. The van der Waals surface area contributed by atoms with Crippen LogP contribution in [0.3, 0.4) is 0 Å². The lowest BCUT2D eigenvalue weighted by Crippen LogP contribution is -2.51. The molecule has 1 unspecified atom stereocenters. The van der Waals surface area contributed by atoms with Crippen LogP contribution < -0.4 is 10.6 Å². The zero-order valence-corrected chi connectivity index (χ0v) is 15.2. The summed E-state index contributed by atoms with van der Waals surface area (Å²) in [6.45, 7) is 5.44. The fourth-order valence-electron chi connectivity index (χ4n) is 2.78. The van der Waals surface area contributed by atoms with E-state index in [2.05, 4.69) is 40.1 Å². The second-order valence-electron chi connectivity index (χ2n) is 6.19. The van der Waals surface area contributed by atoms with Gasteiger partial charge in [-0.2, -0.15) is 0 Å². The Bertz CT molecular complexity index is 470. The third kappa shape index (κ3) is 5.79. The molecule has 5 nitrogen and oxygen atoms in total. The van der Waals surface area contributed by atoms with Gasteiger partial charge < -0.3 is 20.1 Å². The molecule has 1 aromatic rings. The highest BCUT2D eigenvalue weighted by Gasteiger charge is 2.32. The number of nitrogens with one attached hydrogen (secondary N) is 2. The van der Waals surface area contributed by atoms with Crippen LogP contribution in [0.2, 0.25) is 0 Å². The smallest absolute Gasteiger partial charge is 0.191 e. The number of hydrogen-bond acceptors (Lipinski definition) is 4. The summed E-state index contributed by atoms with van der Waals surface area (Å²) < 4.78 is 11.2. The quantitative estimate of drug-likeness (QED) is 0.591. The van der Waals surface area contributed by atoms with Gasteiger partial charge in [0.2, 0.25) is 0 Å². The largest absolute Gasteiger partial charge is 0.381 e. The normalized spacial score (nSPS) is 19.3. The topological polar surface area (TPSA) is 54.9 Å². The first-order valence-corrected chi connectivity index (χ1v) is 9.15. The molecule has 1 aliphatic rings. The molecule has 0 saturated carbocycles. The van der Waals surface area contributed by atoms with Crippen LogP contribution in [-0.2, 0) is 15.9 Å². The molecule has 0 amide bonds. The van der Waals surface area contributed by atoms with Crippen molar-refractivity contribution in [3.05, 3.63) is 22.4 Å². The molecule has 6 heteroatoms. The van der Waals surface area contributed by atoms with E-state index in [0.717, 1.165) is 51.5 Å². The summed E-state index contributed by atoms with van der Waals surface area (Å²) in [6, 6.07) is 4.31. The summed E-state index contributed by atoms with van der Waals surface area (Å²) in [5, 5.41) is 8.96. The Balaban J connectivity index is 1.74. The molecule has 0 spiro atoms. The monoisotopic (exact) mass is 339 g/mol. The lowest BCUT2D eigenvalue weighted by atomic mass is 9.94. The van der Waals surface area contributed by atoms with Crippen LogP contribution in [0.15, 0.2) is 22.5 Å². The molecule has 1 fully saturated rings. The maximum absolute atomic E-state index is 5.75. The Kier molecular flexibility index (Phi) is 7.33. The van der Waals surface area contributed by atoms with Gasteiger partial charge in [0.15, 0.2) is 5.96 Å². The van der Waals surface area contributed by atoms with E-state index in [1.165, 1.54) is 4.88 Å². The summed E-state index contributed by atoms with van der Waals surface area (Å²) in [5.74, 6) is 1.40. The second-order valence-corrected chi connectivity index (χ2v) is 7.23. The van der Waals surface area contributed by atoms with Crippen molar-refractivity contribution in [3.8, 4) is 0 Å². The predicted molar refractivity (Wildman–Crippen MR) is 96.3 cm³/mol. The van der Waals surface area contributed by atoms with Gasteiger partial charge in [0.05, 0.1) is 5.60 Å². The van der Waals surface area contributed by atoms with Crippen molar-refractivity contribution in [1.82, 2.24) is 10.6 Å². The van der Waals surface area contributed by atoms with E-state index in [4.69, 9.17) is 9.47 Å². The summed E-state index contributed by atoms with van der Waals surface area (Å²) in [4.78, 5) is 5.75.